The molecule has 0 bridgehead atoms. The first-order valence-electron chi connectivity index (χ1n) is 7.90. The second kappa shape index (κ2) is 8.28. The Morgan fingerprint density at radius 2 is 2.30 bits per heavy atom. The molecule has 3 nitrogen and oxygen atoms in total. The van der Waals surface area contributed by atoms with E-state index in [1.165, 1.54) is 44.2 Å². The summed E-state index contributed by atoms with van der Waals surface area (Å²) in [4.78, 5) is 2.61. The van der Waals surface area contributed by atoms with E-state index in [0.29, 0.717) is 6.61 Å². The van der Waals surface area contributed by atoms with Crippen molar-refractivity contribution < 1.29 is 9.84 Å². The highest BCUT2D eigenvalue weighted by Crippen LogP contribution is 2.25. The van der Waals surface area contributed by atoms with Gasteiger partial charge in [0.25, 0.3) is 0 Å². The van der Waals surface area contributed by atoms with Gasteiger partial charge in [-0.2, -0.15) is 0 Å². The fourth-order valence-corrected chi connectivity index (χ4v) is 3.00. The van der Waals surface area contributed by atoms with Crippen molar-refractivity contribution in [3.05, 3.63) is 29.8 Å². The third-order valence-corrected chi connectivity index (χ3v) is 4.03. The summed E-state index contributed by atoms with van der Waals surface area (Å²) < 4.78 is 5.48. The van der Waals surface area contributed by atoms with E-state index in [1.807, 2.05) is 12.1 Å². The van der Waals surface area contributed by atoms with E-state index in [-0.39, 0.29) is 6.61 Å². The molecule has 0 radical (unpaired) electrons. The molecule has 1 fully saturated rings. The molecule has 1 atom stereocenters. The molecule has 0 aliphatic carbocycles. The monoisotopic (exact) mass is 277 g/mol. The second-order valence-corrected chi connectivity index (χ2v) is 5.63. The first kappa shape index (κ1) is 15.3. The average Bonchev–Trinajstić information content (AvgIpc) is 2.90. The molecule has 1 saturated heterocycles. The Morgan fingerprint density at radius 3 is 3.10 bits per heavy atom. The molecule has 0 aromatic heterocycles. The van der Waals surface area contributed by atoms with Crippen LogP contribution in [0.2, 0.25) is 0 Å². The Hall–Kier alpha value is -1.06. The van der Waals surface area contributed by atoms with E-state index in [0.717, 1.165) is 18.3 Å². The standard InChI is InChI=1S/C17H27NO2/c1-2-3-7-16-8-5-10-18(16)14-15-6-4-9-17(13-15)20-12-11-19/h4,6,9,13,16,19H,2-3,5,7-8,10-12,14H2,1H3/t16-/m1/s1. The van der Waals surface area contributed by atoms with Crippen LogP contribution in [0.4, 0.5) is 0 Å². The Labute approximate surface area is 122 Å². The van der Waals surface area contributed by atoms with Gasteiger partial charge in [0.15, 0.2) is 0 Å². The third-order valence-electron chi connectivity index (χ3n) is 4.03. The van der Waals surface area contributed by atoms with E-state index in [2.05, 4.69) is 24.0 Å². The van der Waals surface area contributed by atoms with Crippen molar-refractivity contribution in [2.45, 2.75) is 51.6 Å². The Bertz CT molecular complexity index is 394. The molecule has 1 aliphatic heterocycles. The Balaban J connectivity index is 1.91. The molecule has 3 heteroatoms. The fourth-order valence-electron chi connectivity index (χ4n) is 3.00. The zero-order valence-corrected chi connectivity index (χ0v) is 12.6. The molecule has 0 unspecified atom stereocenters. The van der Waals surface area contributed by atoms with Gasteiger partial charge in [0.1, 0.15) is 12.4 Å². The quantitative estimate of drug-likeness (QED) is 0.792. The molecule has 0 saturated carbocycles. The topological polar surface area (TPSA) is 32.7 Å². The number of rotatable bonds is 8. The minimum atomic E-state index is 0.0649. The third kappa shape index (κ3) is 4.50. The van der Waals surface area contributed by atoms with E-state index in [1.54, 1.807) is 0 Å². The van der Waals surface area contributed by atoms with Gasteiger partial charge in [-0.1, -0.05) is 31.9 Å². The average molecular weight is 277 g/mol. The molecule has 1 aromatic rings. The maximum absolute atomic E-state index is 8.81. The Kier molecular flexibility index (Phi) is 6.34. The lowest BCUT2D eigenvalue weighted by Gasteiger charge is -2.24. The van der Waals surface area contributed by atoms with Crippen molar-refractivity contribution >= 4 is 0 Å². The van der Waals surface area contributed by atoms with Crippen LogP contribution in [-0.2, 0) is 6.54 Å². The lowest BCUT2D eigenvalue weighted by Crippen LogP contribution is -2.28. The number of hydrogen-bond donors (Lipinski definition) is 1. The summed E-state index contributed by atoms with van der Waals surface area (Å²) in [6, 6.07) is 9.03. The van der Waals surface area contributed by atoms with Crippen molar-refractivity contribution in [2.24, 2.45) is 0 Å². The molecule has 0 spiro atoms. The normalized spacial score (nSPS) is 19.4. The van der Waals surface area contributed by atoms with Crippen LogP contribution in [0, 0.1) is 0 Å². The van der Waals surface area contributed by atoms with Gasteiger partial charge in [0.2, 0.25) is 0 Å². The van der Waals surface area contributed by atoms with Gasteiger partial charge in [-0.05, 0) is 43.5 Å². The highest BCUT2D eigenvalue weighted by Gasteiger charge is 2.23. The van der Waals surface area contributed by atoms with E-state index >= 15 is 0 Å². The summed E-state index contributed by atoms with van der Waals surface area (Å²) in [5.74, 6) is 0.862. The highest BCUT2D eigenvalue weighted by atomic mass is 16.5. The maximum atomic E-state index is 8.81. The zero-order valence-electron chi connectivity index (χ0n) is 12.6. The molecule has 2 rings (SSSR count). The molecule has 1 aliphatic rings. The lowest BCUT2D eigenvalue weighted by atomic mass is 10.1. The number of likely N-dealkylation sites (tertiary alicyclic amines) is 1. The molecule has 1 aromatic carbocycles. The summed E-state index contributed by atoms with van der Waals surface area (Å²) in [6.45, 7) is 4.93. The molecule has 0 amide bonds. The number of unbranched alkanes of at least 4 members (excludes halogenated alkanes) is 1. The van der Waals surface area contributed by atoms with E-state index in [9.17, 15) is 0 Å². The SMILES string of the molecule is CCCC[C@@H]1CCCN1Cc1cccc(OCCO)c1. The van der Waals surface area contributed by atoms with E-state index in [4.69, 9.17) is 9.84 Å². The number of ether oxygens (including phenoxy) is 1. The largest absolute Gasteiger partial charge is 0.491 e. The highest BCUT2D eigenvalue weighted by molar-refractivity contribution is 5.28. The van der Waals surface area contributed by atoms with Crippen LogP contribution in [0.3, 0.4) is 0 Å². The first-order chi connectivity index (χ1) is 9.83. The summed E-state index contributed by atoms with van der Waals surface area (Å²) in [5, 5.41) is 8.81. The minimum absolute atomic E-state index is 0.0649. The number of aliphatic hydroxyl groups excluding tert-OH is 1. The maximum Gasteiger partial charge on any atom is 0.119 e. The van der Waals surface area contributed by atoms with E-state index < -0.39 is 0 Å². The number of hydrogen-bond acceptors (Lipinski definition) is 3. The molecular weight excluding hydrogens is 250 g/mol. The zero-order chi connectivity index (χ0) is 14.2. The number of nitrogens with zero attached hydrogens (tertiary/aromatic N) is 1. The molecule has 1 N–H and O–H groups in total. The second-order valence-electron chi connectivity index (χ2n) is 5.63. The van der Waals surface area contributed by atoms with Crippen LogP contribution in [0.15, 0.2) is 24.3 Å². The van der Waals surface area contributed by atoms with Crippen LogP contribution in [0.5, 0.6) is 5.75 Å². The molecular formula is C17H27NO2. The van der Waals surface area contributed by atoms with Crippen molar-refractivity contribution in [2.75, 3.05) is 19.8 Å². The van der Waals surface area contributed by atoms with Gasteiger partial charge < -0.3 is 9.84 Å². The lowest BCUT2D eigenvalue weighted by molar-refractivity contribution is 0.200. The first-order valence-corrected chi connectivity index (χ1v) is 7.90. The van der Waals surface area contributed by atoms with Crippen molar-refractivity contribution in [1.82, 2.24) is 4.90 Å². The predicted octanol–water partition coefficient (Wildman–Crippen LogP) is 3.21. The summed E-state index contributed by atoms with van der Waals surface area (Å²) in [7, 11) is 0. The van der Waals surface area contributed by atoms with Crippen LogP contribution in [0.25, 0.3) is 0 Å². The van der Waals surface area contributed by atoms with Crippen molar-refractivity contribution in [1.29, 1.82) is 0 Å². The van der Waals surface area contributed by atoms with Crippen LogP contribution in [-0.4, -0.2) is 35.8 Å². The van der Waals surface area contributed by atoms with Gasteiger partial charge >= 0.3 is 0 Å². The smallest absolute Gasteiger partial charge is 0.119 e. The molecule has 1 heterocycles. The van der Waals surface area contributed by atoms with Crippen molar-refractivity contribution in [3.8, 4) is 5.75 Å². The Morgan fingerprint density at radius 1 is 1.40 bits per heavy atom. The summed E-state index contributed by atoms with van der Waals surface area (Å²) >= 11 is 0. The van der Waals surface area contributed by atoms with Gasteiger partial charge in [0.05, 0.1) is 6.61 Å². The van der Waals surface area contributed by atoms with Gasteiger partial charge in [-0.15, -0.1) is 0 Å². The number of aliphatic hydroxyl groups is 1. The summed E-state index contributed by atoms with van der Waals surface area (Å²) in [6.07, 6.45) is 6.63. The van der Waals surface area contributed by atoms with Crippen LogP contribution >= 0.6 is 0 Å². The van der Waals surface area contributed by atoms with Gasteiger partial charge in [0, 0.05) is 12.6 Å². The van der Waals surface area contributed by atoms with Gasteiger partial charge in [-0.25, -0.2) is 0 Å². The van der Waals surface area contributed by atoms with Crippen LogP contribution < -0.4 is 4.74 Å². The number of benzene rings is 1. The summed E-state index contributed by atoms with van der Waals surface area (Å²) in [5.41, 5.74) is 1.31. The minimum Gasteiger partial charge on any atom is -0.491 e. The van der Waals surface area contributed by atoms with Crippen molar-refractivity contribution in [3.63, 3.8) is 0 Å². The van der Waals surface area contributed by atoms with Gasteiger partial charge in [-0.3, -0.25) is 4.90 Å². The fraction of sp³-hybridized carbons (Fsp3) is 0.647. The predicted molar refractivity (Wildman–Crippen MR) is 82.0 cm³/mol. The molecule has 20 heavy (non-hydrogen) atoms. The van der Waals surface area contributed by atoms with Crippen LogP contribution in [0.1, 0.15) is 44.6 Å². The molecule has 112 valence electrons.